The van der Waals surface area contributed by atoms with E-state index in [4.69, 9.17) is 5.11 Å². The van der Waals surface area contributed by atoms with Gasteiger partial charge in [-0.3, -0.25) is 0 Å². The lowest BCUT2D eigenvalue weighted by Gasteiger charge is -2.26. The van der Waals surface area contributed by atoms with Crippen molar-refractivity contribution >= 4 is 17.0 Å². The molecule has 1 fully saturated rings. The molecule has 0 amide bonds. The van der Waals surface area contributed by atoms with Gasteiger partial charge in [-0.1, -0.05) is 25.0 Å². The molecule has 2 unspecified atom stereocenters. The smallest absolute Gasteiger partial charge is 0.335 e. The zero-order chi connectivity index (χ0) is 13.4. The molecule has 2 aromatic rings. The number of carbonyl (C=O) groups is 1. The number of hydrogen-bond acceptors (Lipinski definition) is 3. The molecule has 1 N–H and O–H groups in total. The molecule has 1 aliphatic carbocycles. The third-order valence-corrected chi connectivity index (χ3v) is 3.97. The summed E-state index contributed by atoms with van der Waals surface area (Å²) in [6, 6.07) is 5.33. The fourth-order valence-corrected chi connectivity index (χ4v) is 2.96. The summed E-state index contributed by atoms with van der Waals surface area (Å²) in [6.45, 7) is 2.26. The molecule has 2 atom stereocenters. The highest BCUT2D eigenvalue weighted by Gasteiger charge is 2.23. The number of carboxylic acid groups (broad SMARTS) is 1. The first-order valence-corrected chi connectivity index (χ1v) is 6.73. The third-order valence-electron chi connectivity index (χ3n) is 3.97. The Kier molecular flexibility index (Phi) is 2.97. The highest BCUT2D eigenvalue weighted by Crippen LogP contribution is 2.33. The number of fused-ring (bicyclic) bond motifs is 1. The van der Waals surface area contributed by atoms with Crippen molar-refractivity contribution in [3.05, 3.63) is 23.8 Å². The summed E-state index contributed by atoms with van der Waals surface area (Å²) in [7, 11) is 0. The summed E-state index contributed by atoms with van der Waals surface area (Å²) in [5, 5.41) is 17.4. The van der Waals surface area contributed by atoms with E-state index in [-0.39, 0.29) is 0 Å². The van der Waals surface area contributed by atoms with Crippen LogP contribution >= 0.6 is 0 Å². The molecule has 1 aliphatic rings. The first-order valence-electron chi connectivity index (χ1n) is 6.73. The van der Waals surface area contributed by atoms with Crippen molar-refractivity contribution in [1.82, 2.24) is 15.0 Å². The number of hydrogen-bond donors (Lipinski definition) is 1. The molecule has 0 radical (unpaired) electrons. The molecule has 100 valence electrons. The van der Waals surface area contributed by atoms with Crippen LogP contribution < -0.4 is 0 Å². The Morgan fingerprint density at radius 3 is 3.00 bits per heavy atom. The van der Waals surface area contributed by atoms with Gasteiger partial charge in [0.1, 0.15) is 5.52 Å². The maximum atomic E-state index is 11.1. The van der Waals surface area contributed by atoms with Gasteiger partial charge in [0.15, 0.2) is 0 Å². The summed E-state index contributed by atoms with van der Waals surface area (Å²) < 4.78 is 1.91. The van der Waals surface area contributed by atoms with E-state index in [0.29, 0.717) is 17.5 Å². The van der Waals surface area contributed by atoms with Crippen LogP contribution in [0.2, 0.25) is 0 Å². The van der Waals surface area contributed by atoms with E-state index in [1.165, 1.54) is 12.8 Å². The summed E-state index contributed by atoms with van der Waals surface area (Å²) in [5.74, 6) is -0.215. The van der Waals surface area contributed by atoms with Gasteiger partial charge < -0.3 is 5.11 Å². The first-order chi connectivity index (χ1) is 9.15. The molecule has 0 saturated heterocycles. The Labute approximate surface area is 111 Å². The van der Waals surface area contributed by atoms with Crippen LogP contribution in [0.3, 0.4) is 0 Å². The Morgan fingerprint density at radius 2 is 2.26 bits per heavy atom. The lowest BCUT2D eigenvalue weighted by Crippen LogP contribution is -2.18. The summed E-state index contributed by atoms with van der Waals surface area (Å²) in [6.07, 6.45) is 4.66. The number of carboxylic acids is 1. The van der Waals surface area contributed by atoms with Gasteiger partial charge in [-0.05, 0) is 37.0 Å². The van der Waals surface area contributed by atoms with Crippen molar-refractivity contribution < 1.29 is 9.90 Å². The number of aromatic nitrogens is 3. The summed E-state index contributed by atoms with van der Waals surface area (Å²) in [5.41, 5.74) is 1.89. The second-order valence-electron chi connectivity index (χ2n) is 5.47. The van der Waals surface area contributed by atoms with Gasteiger partial charge in [0.25, 0.3) is 0 Å². The number of benzene rings is 1. The topological polar surface area (TPSA) is 68.0 Å². The number of rotatable bonds is 2. The molecule has 1 heterocycles. The van der Waals surface area contributed by atoms with Crippen molar-refractivity contribution in [2.45, 2.75) is 38.6 Å². The van der Waals surface area contributed by atoms with Crippen LogP contribution in [0.5, 0.6) is 0 Å². The van der Waals surface area contributed by atoms with E-state index in [1.807, 2.05) is 4.68 Å². The zero-order valence-electron chi connectivity index (χ0n) is 10.9. The minimum absolute atomic E-state index is 0.292. The van der Waals surface area contributed by atoms with Crippen LogP contribution in [0.15, 0.2) is 18.2 Å². The largest absolute Gasteiger partial charge is 0.478 e. The van der Waals surface area contributed by atoms with Gasteiger partial charge >= 0.3 is 5.97 Å². The molecule has 5 nitrogen and oxygen atoms in total. The van der Waals surface area contributed by atoms with E-state index in [1.54, 1.807) is 18.2 Å². The van der Waals surface area contributed by atoms with Gasteiger partial charge in [0.05, 0.1) is 17.1 Å². The highest BCUT2D eigenvalue weighted by atomic mass is 16.4. The molecular weight excluding hydrogens is 242 g/mol. The van der Waals surface area contributed by atoms with Crippen molar-refractivity contribution in [2.24, 2.45) is 5.92 Å². The van der Waals surface area contributed by atoms with Crippen LogP contribution in [-0.4, -0.2) is 26.1 Å². The van der Waals surface area contributed by atoms with Gasteiger partial charge in [-0.2, -0.15) is 0 Å². The fourth-order valence-electron chi connectivity index (χ4n) is 2.96. The van der Waals surface area contributed by atoms with E-state index < -0.39 is 5.97 Å². The molecule has 1 aromatic heterocycles. The molecule has 0 aliphatic heterocycles. The van der Waals surface area contributed by atoms with Gasteiger partial charge in [0.2, 0.25) is 0 Å². The Morgan fingerprint density at radius 1 is 1.42 bits per heavy atom. The van der Waals surface area contributed by atoms with Crippen molar-refractivity contribution in [1.29, 1.82) is 0 Å². The van der Waals surface area contributed by atoms with E-state index in [0.717, 1.165) is 23.9 Å². The van der Waals surface area contributed by atoms with E-state index in [2.05, 4.69) is 17.2 Å². The average molecular weight is 259 g/mol. The number of nitrogens with zero attached hydrogens (tertiary/aromatic N) is 3. The van der Waals surface area contributed by atoms with Gasteiger partial charge in [-0.15, -0.1) is 5.10 Å². The summed E-state index contributed by atoms with van der Waals surface area (Å²) >= 11 is 0. The lowest BCUT2D eigenvalue weighted by molar-refractivity contribution is 0.0697. The molecule has 0 spiro atoms. The lowest BCUT2D eigenvalue weighted by atomic mass is 9.87. The summed E-state index contributed by atoms with van der Waals surface area (Å²) in [4.78, 5) is 11.1. The third kappa shape index (κ3) is 2.20. The molecule has 19 heavy (non-hydrogen) atoms. The maximum absolute atomic E-state index is 11.1. The van der Waals surface area contributed by atoms with Crippen molar-refractivity contribution in [3.63, 3.8) is 0 Å². The standard InChI is InChI=1S/C14H17N3O2/c1-9-3-2-4-11(7-9)17-13-8-10(14(18)19)5-6-12(13)15-16-17/h5-6,8-9,11H,2-4,7H2,1H3,(H,18,19). The predicted octanol–water partition coefficient (Wildman–Crippen LogP) is 2.88. The Hall–Kier alpha value is -1.91. The van der Waals surface area contributed by atoms with Crippen LogP contribution in [0.25, 0.3) is 11.0 Å². The van der Waals surface area contributed by atoms with E-state index >= 15 is 0 Å². The second kappa shape index (κ2) is 4.64. The Bertz CT molecular complexity index is 620. The normalized spacial score (nSPS) is 23.6. The van der Waals surface area contributed by atoms with Crippen LogP contribution in [0, 0.1) is 5.92 Å². The van der Waals surface area contributed by atoms with Gasteiger partial charge in [-0.25, -0.2) is 9.48 Å². The Balaban J connectivity index is 2.03. The molecule has 5 heteroatoms. The van der Waals surface area contributed by atoms with E-state index in [9.17, 15) is 4.79 Å². The first kappa shape index (κ1) is 12.1. The maximum Gasteiger partial charge on any atom is 0.335 e. The van der Waals surface area contributed by atoms with Crippen LogP contribution in [0.4, 0.5) is 0 Å². The molecule has 0 bridgehead atoms. The molecular formula is C14H17N3O2. The quantitative estimate of drug-likeness (QED) is 0.900. The average Bonchev–Trinajstić information content (AvgIpc) is 2.81. The highest BCUT2D eigenvalue weighted by molar-refractivity contribution is 5.92. The monoisotopic (exact) mass is 259 g/mol. The molecule has 1 aromatic carbocycles. The fraction of sp³-hybridized carbons (Fsp3) is 0.500. The minimum Gasteiger partial charge on any atom is -0.478 e. The van der Waals surface area contributed by atoms with Crippen LogP contribution in [0.1, 0.15) is 49.0 Å². The number of aromatic carboxylic acids is 1. The minimum atomic E-state index is -0.910. The second-order valence-corrected chi connectivity index (χ2v) is 5.47. The van der Waals surface area contributed by atoms with Crippen molar-refractivity contribution in [2.75, 3.05) is 0 Å². The SMILES string of the molecule is CC1CCCC(n2nnc3ccc(C(=O)O)cc32)C1. The molecule has 3 rings (SSSR count). The van der Waals surface area contributed by atoms with Crippen molar-refractivity contribution in [3.8, 4) is 0 Å². The van der Waals surface area contributed by atoms with Gasteiger partial charge in [0, 0.05) is 0 Å². The predicted molar refractivity (Wildman–Crippen MR) is 71.2 cm³/mol. The zero-order valence-corrected chi connectivity index (χ0v) is 10.9. The molecule has 1 saturated carbocycles. The van der Waals surface area contributed by atoms with Crippen LogP contribution in [-0.2, 0) is 0 Å².